The topological polar surface area (TPSA) is 105 Å². The molecule has 0 aliphatic carbocycles. The predicted molar refractivity (Wildman–Crippen MR) is 172 cm³/mol. The lowest BCUT2D eigenvalue weighted by atomic mass is 9.82. The minimum atomic E-state index is -3.51. The molecule has 1 spiro atoms. The maximum atomic E-state index is 16.2. The highest BCUT2D eigenvalue weighted by atomic mass is 28.4. The number of aliphatic hydroxyl groups excluding tert-OH is 1. The molecule has 0 radical (unpaired) electrons. The molecule has 0 bridgehead atoms. The minimum Gasteiger partial charge on any atom is -0.395 e. The van der Waals surface area contributed by atoms with E-state index >= 15 is 4.11 Å². The van der Waals surface area contributed by atoms with Crippen molar-refractivity contribution in [3.8, 4) is 5.69 Å². The first-order valence-electron chi connectivity index (χ1n) is 15.2. The molecule has 11 heteroatoms. The van der Waals surface area contributed by atoms with Crippen molar-refractivity contribution in [1.82, 2.24) is 14.7 Å². The molecular formula is C34H37FN4O5Si. The van der Waals surface area contributed by atoms with Crippen LogP contribution in [0.4, 0.5) is 9.80 Å². The van der Waals surface area contributed by atoms with Crippen LogP contribution in [-0.2, 0) is 26.5 Å². The molecule has 0 saturated carbocycles. The Hall–Kier alpha value is -4.19. The lowest BCUT2D eigenvalue weighted by Gasteiger charge is -2.31. The number of anilines is 1. The summed E-state index contributed by atoms with van der Waals surface area (Å²) in [6.45, 7) is 5.18. The van der Waals surface area contributed by atoms with Crippen LogP contribution in [0.3, 0.4) is 0 Å². The molecule has 4 atom stereocenters. The monoisotopic (exact) mass is 628 g/mol. The Morgan fingerprint density at radius 1 is 1.09 bits per heavy atom. The van der Waals surface area contributed by atoms with Gasteiger partial charge in [-0.25, -0.2) is 0 Å². The Balaban J connectivity index is 1.40. The van der Waals surface area contributed by atoms with Crippen LogP contribution >= 0.6 is 0 Å². The molecule has 1 aromatic heterocycles. The van der Waals surface area contributed by atoms with Gasteiger partial charge in [-0.2, -0.15) is 9.78 Å². The van der Waals surface area contributed by atoms with Gasteiger partial charge in [0.2, 0.25) is 14.3 Å². The normalized spacial score (nSPS) is 22.8. The fourth-order valence-corrected chi connectivity index (χ4v) is 9.76. The molecule has 45 heavy (non-hydrogen) atoms. The summed E-state index contributed by atoms with van der Waals surface area (Å²) >= 11 is 0. The van der Waals surface area contributed by atoms with E-state index in [4.69, 9.17) is 4.74 Å². The number of benzene rings is 3. The summed E-state index contributed by atoms with van der Waals surface area (Å²) in [5, 5.41) is 15.3. The van der Waals surface area contributed by atoms with Gasteiger partial charge >= 0.3 is 0 Å². The molecular weight excluding hydrogens is 591 g/mol. The Kier molecular flexibility index (Phi) is 7.96. The second-order valence-electron chi connectivity index (χ2n) is 12.5. The molecule has 2 aliphatic rings. The lowest BCUT2D eigenvalue weighted by molar-refractivity contribution is -0.149. The summed E-state index contributed by atoms with van der Waals surface area (Å²) in [5.41, 5.74) is -0.0550. The van der Waals surface area contributed by atoms with Crippen molar-refractivity contribution >= 4 is 36.7 Å². The highest BCUT2D eigenvalue weighted by Crippen LogP contribution is 2.60. The Bertz CT molecular complexity index is 1830. The number of carbonyl (C=O) groups excluding carboxylic acids is 2. The van der Waals surface area contributed by atoms with Gasteiger partial charge in [-0.15, -0.1) is 0 Å². The van der Waals surface area contributed by atoms with E-state index in [0.717, 1.165) is 5.56 Å². The number of ether oxygens (including phenoxy) is 1. The lowest BCUT2D eigenvalue weighted by Crippen LogP contribution is -2.44. The van der Waals surface area contributed by atoms with E-state index in [1.807, 2.05) is 49.4 Å². The van der Waals surface area contributed by atoms with E-state index in [2.05, 4.69) is 5.10 Å². The smallest absolute Gasteiger partial charge is 0.279 e. The van der Waals surface area contributed by atoms with Crippen LogP contribution < -0.4 is 10.5 Å². The minimum absolute atomic E-state index is 0.115. The summed E-state index contributed by atoms with van der Waals surface area (Å²) in [6, 6.07) is 21.9. The predicted octanol–water partition coefficient (Wildman–Crippen LogP) is 4.55. The molecule has 0 unspecified atom stereocenters. The van der Waals surface area contributed by atoms with Crippen LogP contribution in [0.15, 0.2) is 83.8 Å². The van der Waals surface area contributed by atoms with Gasteiger partial charge in [-0.1, -0.05) is 55.5 Å². The van der Waals surface area contributed by atoms with E-state index in [1.165, 1.54) is 9.58 Å². The zero-order valence-corrected chi connectivity index (χ0v) is 26.8. The van der Waals surface area contributed by atoms with Gasteiger partial charge in [0.1, 0.15) is 0 Å². The van der Waals surface area contributed by atoms with Crippen LogP contribution in [0.5, 0.6) is 0 Å². The number of halogens is 1. The number of aromatic nitrogens is 2. The first-order chi connectivity index (χ1) is 21.5. The molecule has 2 aliphatic heterocycles. The molecule has 3 aromatic carbocycles. The van der Waals surface area contributed by atoms with Gasteiger partial charge in [-0.3, -0.25) is 14.4 Å². The second kappa shape index (κ2) is 11.6. The van der Waals surface area contributed by atoms with Crippen molar-refractivity contribution in [2.24, 2.45) is 5.92 Å². The van der Waals surface area contributed by atoms with Crippen LogP contribution in [0.1, 0.15) is 24.5 Å². The van der Waals surface area contributed by atoms with Gasteiger partial charge in [-0.05, 0) is 42.9 Å². The third-order valence-corrected chi connectivity index (χ3v) is 11.8. The zero-order valence-electron chi connectivity index (χ0n) is 25.8. The number of hydrogen-bond acceptors (Lipinski definition) is 6. The van der Waals surface area contributed by atoms with E-state index in [1.54, 1.807) is 61.6 Å². The highest BCUT2D eigenvalue weighted by Gasteiger charge is 2.66. The molecule has 2 amide bonds. The third-order valence-electron chi connectivity index (χ3n) is 9.33. The molecule has 1 N–H and O–H groups in total. The maximum Gasteiger partial charge on any atom is 0.279 e. The van der Waals surface area contributed by atoms with E-state index in [0.29, 0.717) is 27.7 Å². The van der Waals surface area contributed by atoms with Gasteiger partial charge < -0.3 is 23.8 Å². The number of fused-ring (bicyclic) bond motifs is 3. The van der Waals surface area contributed by atoms with Crippen molar-refractivity contribution in [3.63, 3.8) is 0 Å². The number of amides is 2. The maximum absolute atomic E-state index is 16.2. The van der Waals surface area contributed by atoms with Gasteiger partial charge in [0.15, 0.2) is 5.60 Å². The summed E-state index contributed by atoms with van der Waals surface area (Å²) in [6.07, 6.45) is 0.611. The highest BCUT2D eigenvalue weighted by molar-refractivity contribution is 6.72. The SMILES string of the molecule is C[C@H]1[C@H]([Si](C)(C)F)[C@@H](CC(=O)N(CCO)Cc2ccccc2)O[C@]12C(=O)N(C)c1ccc(-n3ncc4ccccc4c3=O)cc12. The Morgan fingerprint density at radius 2 is 1.80 bits per heavy atom. The van der Waals surface area contributed by atoms with Gasteiger partial charge in [0, 0.05) is 42.5 Å². The molecule has 9 nitrogen and oxygen atoms in total. The van der Waals surface area contributed by atoms with Crippen LogP contribution in [0, 0.1) is 5.92 Å². The fraction of sp³-hybridized carbons (Fsp3) is 0.353. The number of hydrogen-bond donors (Lipinski definition) is 1. The van der Waals surface area contributed by atoms with Crippen molar-refractivity contribution in [3.05, 3.63) is 100 Å². The summed E-state index contributed by atoms with van der Waals surface area (Å²) in [7, 11) is -1.86. The van der Waals surface area contributed by atoms with E-state index in [9.17, 15) is 19.5 Å². The Labute approximate surface area is 262 Å². The molecule has 234 valence electrons. The number of carbonyl (C=O) groups is 2. The second-order valence-corrected chi connectivity index (χ2v) is 16.3. The van der Waals surface area contributed by atoms with Crippen molar-refractivity contribution in [2.45, 2.75) is 50.2 Å². The van der Waals surface area contributed by atoms with Crippen molar-refractivity contribution in [1.29, 1.82) is 0 Å². The van der Waals surface area contributed by atoms with E-state index in [-0.39, 0.29) is 43.5 Å². The molecule has 3 heterocycles. The zero-order chi connectivity index (χ0) is 32.1. The molecule has 6 rings (SSSR count). The van der Waals surface area contributed by atoms with Gasteiger partial charge in [0.05, 0.1) is 42.1 Å². The summed E-state index contributed by atoms with van der Waals surface area (Å²) in [5.74, 6) is -1.23. The summed E-state index contributed by atoms with van der Waals surface area (Å²) < 4.78 is 24.2. The standard InChI is InChI=1S/C34H37FN4O5Si/c1-22-31(45(3,4)35)29(19-30(41)38(16-17-40)21-23-10-6-5-7-11-23)44-34(22)27-18-25(14-15-28(27)37(2)33(34)43)39-32(42)26-13-9-8-12-24(26)20-36-39/h5-15,18,20,22,29,31,40H,16-17,19,21H2,1-4H3/t22-,29+,31-,34+/m0/s1. The number of rotatable bonds is 8. The van der Waals surface area contributed by atoms with Crippen LogP contribution in [0.2, 0.25) is 18.6 Å². The number of likely N-dealkylation sites (N-methyl/N-ethyl adjacent to an activating group) is 1. The first-order valence-corrected chi connectivity index (χ1v) is 18.1. The number of aliphatic hydroxyl groups is 1. The van der Waals surface area contributed by atoms with Gasteiger partial charge in [0.25, 0.3) is 11.5 Å². The van der Waals surface area contributed by atoms with Crippen LogP contribution in [0.25, 0.3) is 16.5 Å². The largest absolute Gasteiger partial charge is 0.395 e. The molecule has 1 fully saturated rings. The first kappa shape index (κ1) is 30.8. The number of nitrogens with zero attached hydrogens (tertiary/aromatic N) is 4. The van der Waals surface area contributed by atoms with Crippen molar-refractivity contribution < 1.29 is 23.5 Å². The summed E-state index contributed by atoms with van der Waals surface area (Å²) in [4.78, 5) is 44.4. The van der Waals surface area contributed by atoms with Crippen molar-refractivity contribution in [2.75, 3.05) is 25.1 Å². The average Bonchev–Trinajstić information content (AvgIpc) is 3.43. The molecule has 4 aromatic rings. The fourth-order valence-electron chi connectivity index (χ4n) is 7.27. The van der Waals surface area contributed by atoms with E-state index < -0.39 is 31.6 Å². The Morgan fingerprint density at radius 3 is 2.51 bits per heavy atom. The van der Waals surface area contributed by atoms with Crippen LogP contribution in [-0.4, -0.2) is 66.3 Å². The average molecular weight is 629 g/mol. The third kappa shape index (κ3) is 5.18. The molecule has 1 saturated heterocycles. The quantitative estimate of drug-likeness (QED) is 0.227.